The van der Waals surface area contributed by atoms with Crippen LogP contribution >= 0.6 is 0 Å². The van der Waals surface area contributed by atoms with Crippen LogP contribution in [-0.4, -0.2) is 5.78 Å². The van der Waals surface area contributed by atoms with E-state index < -0.39 is 5.92 Å². The molecule has 0 bridgehead atoms. The fourth-order valence-corrected chi connectivity index (χ4v) is 4.65. The molecule has 0 amide bonds. The van der Waals surface area contributed by atoms with Crippen molar-refractivity contribution >= 4 is 16.6 Å². The highest BCUT2D eigenvalue weighted by atomic mass is 19.1. The molecule has 0 saturated heterocycles. The Morgan fingerprint density at radius 3 is 2.54 bits per heavy atom. The van der Waals surface area contributed by atoms with Crippen molar-refractivity contribution in [3.63, 3.8) is 0 Å². The number of hydrogen-bond donors (Lipinski definition) is 0. The fraction of sp³-hybridized carbons (Fsp3) is 0.240. The van der Waals surface area contributed by atoms with Gasteiger partial charge in [0.05, 0.1) is 0 Å². The summed E-state index contributed by atoms with van der Waals surface area (Å²) in [4.78, 5) is 13.2. The van der Waals surface area contributed by atoms with Gasteiger partial charge in [-0.25, -0.2) is 4.39 Å². The number of fused-ring (bicyclic) bond motifs is 3. The van der Waals surface area contributed by atoms with Gasteiger partial charge >= 0.3 is 0 Å². The van der Waals surface area contributed by atoms with Gasteiger partial charge in [0.2, 0.25) is 0 Å². The van der Waals surface area contributed by atoms with Gasteiger partial charge in [-0.15, -0.1) is 0 Å². The normalized spacial score (nSPS) is 20.5. The average molecular weight is 372 g/mol. The maximum Gasteiger partial charge on any atom is 0.163 e. The smallest absolute Gasteiger partial charge is 0.163 e. The Kier molecular flexibility index (Phi) is 3.70. The number of benzene rings is 3. The first-order chi connectivity index (χ1) is 13.4. The van der Waals surface area contributed by atoms with E-state index in [2.05, 4.69) is 13.8 Å². The molecule has 1 atom stereocenters. The lowest BCUT2D eigenvalue weighted by molar-refractivity contribution is -0.118. The second-order valence-electron chi connectivity index (χ2n) is 8.53. The van der Waals surface area contributed by atoms with E-state index in [4.69, 9.17) is 4.74 Å². The molecule has 1 aliphatic carbocycles. The van der Waals surface area contributed by atoms with E-state index in [1.54, 1.807) is 12.1 Å². The van der Waals surface area contributed by atoms with Crippen LogP contribution in [0.3, 0.4) is 0 Å². The second-order valence-corrected chi connectivity index (χ2v) is 8.53. The summed E-state index contributed by atoms with van der Waals surface area (Å²) in [6, 6.07) is 18.7. The van der Waals surface area contributed by atoms with E-state index in [0.29, 0.717) is 29.7 Å². The average Bonchev–Trinajstić information content (AvgIpc) is 2.65. The SMILES string of the molecule is CC1(C)CC(=O)C2=C(C1)Oc1ccc3ccccc3c1C2c1ccccc1F. The van der Waals surface area contributed by atoms with Crippen LogP contribution in [0.1, 0.15) is 43.7 Å². The Morgan fingerprint density at radius 1 is 0.964 bits per heavy atom. The van der Waals surface area contributed by atoms with E-state index in [1.807, 2.05) is 42.5 Å². The molecule has 0 saturated carbocycles. The van der Waals surface area contributed by atoms with Crippen molar-refractivity contribution in [2.75, 3.05) is 0 Å². The number of hydrogen-bond acceptors (Lipinski definition) is 2. The summed E-state index contributed by atoms with van der Waals surface area (Å²) in [5, 5.41) is 2.05. The van der Waals surface area contributed by atoms with Crippen LogP contribution in [0.2, 0.25) is 0 Å². The van der Waals surface area contributed by atoms with Crippen LogP contribution in [0.15, 0.2) is 72.0 Å². The summed E-state index contributed by atoms with van der Waals surface area (Å²) in [5.41, 5.74) is 1.87. The number of Topliss-reactive ketones (excluding diaryl/α,β-unsaturated/α-hetero) is 1. The first kappa shape index (κ1) is 17.2. The Morgan fingerprint density at radius 2 is 1.71 bits per heavy atom. The van der Waals surface area contributed by atoms with Gasteiger partial charge in [-0.1, -0.05) is 62.4 Å². The molecule has 2 nitrogen and oxygen atoms in total. The van der Waals surface area contributed by atoms with Gasteiger partial charge in [0.15, 0.2) is 5.78 Å². The van der Waals surface area contributed by atoms with Crippen LogP contribution in [0.5, 0.6) is 5.75 Å². The highest BCUT2D eigenvalue weighted by Gasteiger charge is 2.43. The topological polar surface area (TPSA) is 26.3 Å². The number of allylic oxidation sites excluding steroid dienone is 2. The zero-order chi connectivity index (χ0) is 19.5. The zero-order valence-corrected chi connectivity index (χ0v) is 16.0. The first-order valence-electron chi connectivity index (χ1n) is 9.65. The van der Waals surface area contributed by atoms with Crippen LogP contribution in [0.4, 0.5) is 4.39 Å². The van der Waals surface area contributed by atoms with Gasteiger partial charge in [-0.2, -0.15) is 0 Å². The molecule has 2 aliphatic rings. The van der Waals surface area contributed by atoms with Crippen molar-refractivity contribution in [3.8, 4) is 5.75 Å². The van der Waals surface area contributed by atoms with Crippen molar-refractivity contribution in [1.82, 2.24) is 0 Å². The summed E-state index contributed by atoms with van der Waals surface area (Å²) in [6.45, 7) is 4.15. The molecule has 3 aromatic carbocycles. The quantitative estimate of drug-likeness (QED) is 0.512. The van der Waals surface area contributed by atoms with Crippen molar-refractivity contribution in [1.29, 1.82) is 0 Å². The van der Waals surface area contributed by atoms with Gasteiger partial charge in [0.25, 0.3) is 0 Å². The van der Waals surface area contributed by atoms with Crippen molar-refractivity contribution in [3.05, 3.63) is 88.9 Å². The second kappa shape index (κ2) is 6.03. The third kappa shape index (κ3) is 2.57. The zero-order valence-electron chi connectivity index (χ0n) is 16.0. The van der Waals surface area contributed by atoms with E-state index in [9.17, 15) is 9.18 Å². The maximum atomic E-state index is 14.9. The van der Waals surface area contributed by atoms with Gasteiger partial charge in [0.1, 0.15) is 17.3 Å². The Bertz CT molecular complexity index is 1160. The van der Waals surface area contributed by atoms with Crippen LogP contribution < -0.4 is 4.74 Å². The molecule has 0 aromatic heterocycles. The first-order valence-corrected chi connectivity index (χ1v) is 9.65. The van der Waals surface area contributed by atoms with Gasteiger partial charge in [0, 0.05) is 35.5 Å². The number of rotatable bonds is 1. The Balaban J connectivity index is 1.84. The van der Waals surface area contributed by atoms with Gasteiger partial charge < -0.3 is 4.74 Å². The van der Waals surface area contributed by atoms with Crippen LogP contribution in [0.25, 0.3) is 10.8 Å². The molecule has 3 aromatic rings. The summed E-state index contributed by atoms with van der Waals surface area (Å²) >= 11 is 0. The van der Waals surface area contributed by atoms with Crippen molar-refractivity contribution in [2.24, 2.45) is 5.41 Å². The third-order valence-electron chi connectivity index (χ3n) is 5.84. The molecule has 1 unspecified atom stereocenters. The molecule has 140 valence electrons. The molecule has 28 heavy (non-hydrogen) atoms. The van der Waals surface area contributed by atoms with E-state index in [-0.39, 0.29) is 17.0 Å². The van der Waals surface area contributed by atoms with Crippen LogP contribution in [0, 0.1) is 11.2 Å². The third-order valence-corrected chi connectivity index (χ3v) is 5.84. The minimum absolute atomic E-state index is 0.0538. The predicted octanol–water partition coefficient (Wildman–Crippen LogP) is 6.15. The minimum atomic E-state index is -0.449. The summed E-state index contributed by atoms with van der Waals surface area (Å²) in [5.74, 6) is 0.721. The van der Waals surface area contributed by atoms with Crippen LogP contribution in [-0.2, 0) is 4.79 Å². The molecule has 0 fully saturated rings. The lowest BCUT2D eigenvalue weighted by atomic mass is 9.69. The molecule has 0 N–H and O–H groups in total. The van der Waals surface area contributed by atoms with E-state index in [0.717, 1.165) is 22.1 Å². The molecular weight excluding hydrogens is 351 g/mol. The number of carbonyl (C=O) groups is 1. The van der Waals surface area contributed by atoms with Crippen molar-refractivity contribution in [2.45, 2.75) is 32.6 Å². The summed E-state index contributed by atoms with van der Waals surface area (Å²) < 4.78 is 21.2. The Hall–Kier alpha value is -2.94. The molecule has 1 aliphatic heterocycles. The highest BCUT2D eigenvalue weighted by molar-refractivity contribution is 6.02. The molecule has 0 spiro atoms. The lowest BCUT2D eigenvalue weighted by Gasteiger charge is -2.38. The largest absolute Gasteiger partial charge is 0.461 e. The maximum absolute atomic E-state index is 14.9. The summed E-state index contributed by atoms with van der Waals surface area (Å²) in [7, 11) is 0. The Labute approximate surface area is 163 Å². The highest BCUT2D eigenvalue weighted by Crippen LogP contribution is 2.52. The monoisotopic (exact) mass is 372 g/mol. The van der Waals surface area contributed by atoms with E-state index in [1.165, 1.54) is 6.07 Å². The molecule has 0 radical (unpaired) electrons. The molecule has 1 heterocycles. The number of halogens is 1. The predicted molar refractivity (Wildman–Crippen MR) is 108 cm³/mol. The fourth-order valence-electron chi connectivity index (χ4n) is 4.65. The number of carbonyl (C=O) groups excluding carboxylic acids is 1. The molecular formula is C25H21FO2. The lowest BCUT2D eigenvalue weighted by Crippen LogP contribution is -2.33. The standard InChI is InChI=1S/C25H21FO2/c1-25(2)13-19(27)24-21(14-25)28-20-12-11-15-7-3-4-8-16(15)22(20)23(24)17-9-5-6-10-18(17)26/h3-12,23H,13-14H2,1-2H3. The molecule has 5 rings (SSSR count). The van der Waals surface area contributed by atoms with Gasteiger partial charge in [-0.05, 0) is 28.3 Å². The number of ether oxygens (including phenoxy) is 1. The minimum Gasteiger partial charge on any atom is -0.461 e. The van der Waals surface area contributed by atoms with E-state index >= 15 is 0 Å². The van der Waals surface area contributed by atoms with Crippen molar-refractivity contribution < 1.29 is 13.9 Å². The molecule has 3 heteroatoms. The summed E-state index contributed by atoms with van der Waals surface area (Å²) in [6.07, 6.45) is 1.12. The number of ketones is 1. The van der Waals surface area contributed by atoms with Gasteiger partial charge in [-0.3, -0.25) is 4.79 Å².